The highest BCUT2D eigenvalue weighted by atomic mass is 16.3. The minimum atomic E-state index is -0.0421. The maximum atomic E-state index is 11.6. The molecule has 2 aromatic carbocycles. The summed E-state index contributed by atoms with van der Waals surface area (Å²) >= 11 is 0. The maximum absolute atomic E-state index is 11.6. The number of phenolic OH excluding ortho intramolecular Hbond substituents is 2. The van der Waals surface area contributed by atoms with Crippen LogP contribution in [-0.2, 0) is 23.9 Å². The molecule has 0 radical (unpaired) electrons. The summed E-state index contributed by atoms with van der Waals surface area (Å²) in [5, 5.41) is 23.1. The lowest BCUT2D eigenvalue weighted by molar-refractivity contribution is -0.904. The Morgan fingerprint density at radius 3 is 1.28 bits per heavy atom. The fourth-order valence-corrected chi connectivity index (χ4v) is 7.05. The highest BCUT2D eigenvalue weighted by Crippen LogP contribution is 2.35. The summed E-state index contributed by atoms with van der Waals surface area (Å²) < 4.78 is 1.68. The van der Waals surface area contributed by atoms with Crippen LogP contribution in [0.25, 0.3) is 0 Å². The van der Waals surface area contributed by atoms with Gasteiger partial charge in [-0.3, -0.25) is 9.98 Å². The number of aliphatic imine (C=N–C) groups is 2. The second-order valence-corrected chi connectivity index (χ2v) is 17.7. The highest BCUT2D eigenvalue weighted by molar-refractivity contribution is 5.86. The third kappa shape index (κ3) is 9.67. The first-order chi connectivity index (χ1) is 21.3. The Bertz CT molecular complexity index is 1300. The highest BCUT2D eigenvalue weighted by Gasteiger charge is 2.27. The predicted molar refractivity (Wildman–Crippen MR) is 195 cm³/mol. The van der Waals surface area contributed by atoms with E-state index < -0.39 is 0 Å². The molecule has 254 valence electrons. The number of rotatable bonds is 0. The predicted octanol–water partition coefficient (Wildman–Crippen LogP) is 8.27. The molecule has 2 aromatic rings. The van der Waals surface area contributed by atoms with Gasteiger partial charge in [0.05, 0.1) is 53.4 Å². The molecular weight excluding hydrogens is 568 g/mol. The number of aromatic hydroxyl groups is 2. The number of benzene rings is 2. The topological polar surface area (TPSA) is 65.2 Å². The van der Waals surface area contributed by atoms with Crippen LogP contribution in [0.15, 0.2) is 34.3 Å². The van der Waals surface area contributed by atoms with Crippen molar-refractivity contribution in [2.24, 2.45) is 9.98 Å². The molecule has 1 fully saturated rings. The van der Waals surface area contributed by atoms with Gasteiger partial charge in [0.1, 0.15) is 24.6 Å². The molecule has 1 heterocycles. The molecule has 0 saturated heterocycles. The smallest absolute Gasteiger partial charge is 0.133 e. The van der Waals surface area contributed by atoms with Crippen molar-refractivity contribution in [1.82, 2.24) is 0 Å². The van der Waals surface area contributed by atoms with E-state index in [2.05, 4.69) is 94.0 Å². The third-order valence-corrected chi connectivity index (χ3v) is 10.1. The van der Waals surface area contributed by atoms with Gasteiger partial charge in [0.2, 0.25) is 0 Å². The lowest BCUT2D eigenvalue weighted by atomic mass is 9.84. The lowest BCUT2D eigenvalue weighted by Gasteiger charge is -2.32. The Balaban J connectivity index is 1.78. The van der Waals surface area contributed by atoms with Gasteiger partial charge < -0.3 is 19.2 Å². The Morgan fingerprint density at radius 2 is 0.935 bits per heavy atom. The molecule has 1 saturated carbocycles. The molecular formula is C40H64N4O2+2. The summed E-state index contributed by atoms with van der Waals surface area (Å²) in [6.45, 7) is 17.1. The third-order valence-electron chi connectivity index (χ3n) is 10.1. The summed E-state index contributed by atoms with van der Waals surface area (Å²) in [6, 6.07) is 8.76. The molecule has 2 unspecified atom stereocenters. The fourth-order valence-electron chi connectivity index (χ4n) is 7.05. The van der Waals surface area contributed by atoms with Gasteiger partial charge >= 0.3 is 0 Å². The first-order valence-electron chi connectivity index (χ1n) is 17.8. The van der Waals surface area contributed by atoms with E-state index in [0.29, 0.717) is 11.5 Å². The van der Waals surface area contributed by atoms with Crippen molar-refractivity contribution in [1.29, 1.82) is 0 Å². The SMILES string of the molecule is CC(C)(C)c1cc2c(O)c(c1)C[N+](C)(C)CCCCCC[N+](C)(C)Cc1cc(C(C)(C)C)cc(c1O)/C=N/C1CCCCC1/N=C/2. The Labute approximate surface area is 280 Å². The molecule has 2 atom stereocenters. The van der Waals surface area contributed by atoms with E-state index in [9.17, 15) is 10.2 Å². The van der Waals surface area contributed by atoms with Gasteiger partial charge in [-0.2, -0.15) is 0 Å². The molecule has 1 aliphatic heterocycles. The van der Waals surface area contributed by atoms with Crippen LogP contribution >= 0.6 is 0 Å². The fraction of sp³-hybridized carbons (Fsp3) is 0.650. The summed E-state index contributed by atoms with van der Waals surface area (Å²) in [5.41, 5.74) is 5.98. The van der Waals surface area contributed by atoms with Gasteiger partial charge in [0.15, 0.2) is 0 Å². The first kappa shape index (κ1) is 36.1. The van der Waals surface area contributed by atoms with Crippen molar-refractivity contribution in [2.75, 3.05) is 41.3 Å². The molecule has 6 nitrogen and oxygen atoms in total. The number of phenols is 2. The Hall–Kier alpha value is -2.70. The molecule has 46 heavy (non-hydrogen) atoms. The Morgan fingerprint density at radius 1 is 0.565 bits per heavy atom. The summed E-state index contributed by atoms with van der Waals surface area (Å²) in [4.78, 5) is 10.2. The Kier molecular flexibility index (Phi) is 11.2. The second-order valence-electron chi connectivity index (χ2n) is 17.7. The van der Waals surface area contributed by atoms with Crippen molar-refractivity contribution in [2.45, 2.75) is 129 Å². The number of quaternary nitrogens is 2. The first-order valence-corrected chi connectivity index (χ1v) is 17.8. The summed E-state index contributed by atoms with van der Waals surface area (Å²) in [7, 11) is 9.14. The quantitative estimate of drug-likeness (QED) is 0.287. The largest absolute Gasteiger partial charge is 0.507 e. The van der Waals surface area contributed by atoms with Crippen molar-refractivity contribution in [3.8, 4) is 11.5 Å². The normalized spacial score (nSPS) is 24.6. The van der Waals surface area contributed by atoms with Crippen LogP contribution in [0.4, 0.5) is 0 Å². The zero-order valence-electron chi connectivity index (χ0n) is 30.8. The van der Waals surface area contributed by atoms with Crippen LogP contribution < -0.4 is 0 Å². The van der Waals surface area contributed by atoms with Gasteiger partial charge in [-0.1, -0.05) is 54.4 Å². The van der Waals surface area contributed by atoms with E-state index >= 15 is 0 Å². The monoisotopic (exact) mass is 633 g/mol. The zero-order valence-corrected chi connectivity index (χ0v) is 30.8. The minimum absolute atomic E-state index is 0.0410. The number of nitrogens with zero attached hydrogens (tertiary/aromatic N) is 4. The summed E-state index contributed by atoms with van der Waals surface area (Å²) in [5.74, 6) is 0.717. The minimum Gasteiger partial charge on any atom is -0.507 e. The zero-order chi connectivity index (χ0) is 33.9. The van der Waals surface area contributed by atoms with Gasteiger partial charge in [-0.15, -0.1) is 0 Å². The van der Waals surface area contributed by atoms with E-state index in [4.69, 9.17) is 9.98 Å². The van der Waals surface area contributed by atoms with E-state index in [0.717, 1.165) is 95.9 Å². The molecule has 0 spiro atoms. The van der Waals surface area contributed by atoms with Gasteiger partial charge in [0.25, 0.3) is 0 Å². The second kappa shape index (κ2) is 14.2. The number of hydrogen-bond acceptors (Lipinski definition) is 4. The molecule has 4 rings (SSSR count). The molecule has 6 heteroatoms. The maximum Gasteiger partial charge on any atom is 0.133 e. The standard InChI is InChI=1S/C40H62N4O2/c1-39(2,3)33-21-29-25-41-35-17-13-14-18-36(35)42-26-30-22-34(40(4,5)6)24-32(38(30)46)28-44(9,10)20-16-12-11-15-19-43(7,8)27-31(23-33)37(29)45/h21-26,35-36H,11-20,27-28H2,1-10H3/p+2. The molecule has 1 aliphatic carbocycles. The van der Waals surface area contributed by atoms with Crippen molar-refractivity contribution in [3.05, 3.63) is 57.6 Å². The van der Waals surface area contributed by atoms with Crippen molar-refractivity contribution < 1.29 is 19.2 Å². The molecule has 0 aromatic heterocycles. The molecule has 2 aliphatic rings. The average molecular weight is 633 g/mol. The van der Waals surface area contributed by atoms with Gasteiger partial charge in [-0.25, -0.2) is 0 Å². The lowest BCUT2D eigenvalue weighted by Crippen LogP contribution is -2.40. The van der Waals surface area contributed by atoms with E-state index in [1.807, 2.05) is 12.4 Å². The van der Waals surface area contributed by atoms with Crippen molar-refractivity contribution in [3.63, 3.8) is 0 Å². The van der Waals surface area contributed by atoms with E-state index in [1.165, 1.54) is 24.0 Å². The number of hydrogen-bond donors (Lipinski definition) is 2. The van der Waals surface area contributed by atoms with Crippen LogP contribution in [0.1, 0.15) is 126 Å². The summed E-state index contributed by atoms with van der Waals surface area (Å²) in [6.07, 6.45) is 12.7. The van der Waals surface area contributed by atoms with Gasteiger partial charge in [0, 0.05) is 34.7 Å². The molecule has 4 bridgehead atoms. The van der Waals surface area contributed by atoms with Gasteiger partial charge in [-0.05, 0) is 84.7 Å². The number of fused-ring (bicyclic) bond motifs is 5. The van der Waals surface area contributed by atoms with Crippen LogP contribution in [0.2, 0.25) is 0 Å². The molecule has 0 amide bonds. The van der Waals surface area contributed by atoms with Crippen molar-refractivity contribution >= 4 is 12.4 Å². The van der Waals surface area contributed by atoms with Crippen LogP contribution in [0.3, 0.4) is 0 Å². The van der Waals surface area contributed by atoms with Crippen LogP contribution in [0, 0.1) is 0 Å². The molecule has 2 N–H and O–H groups in total. The van der Waals surface area contributed by atoms with E-state index in [-0.39, 0.29) is 22.9 Å². The van der Waals surface area contributed by atoms with Crippen LogP contribution in [-0.4, -0.2) is 85.0 Å². The average Bonchev–Trinajstić information content (AvgIpc) is 2.94. The van der Waals surface area contributed by atoms with E-state index in [1.54, 1.807) is 0 Å². The van der Waals surface area contributed by atoms with Crippen LogP contribution in [0.5, 0.6) is 11.5 Å².